The molecule has 2 aliphatic rings. The van der Waals surface area contributed by atoms with Crippen LogP contribution in [-0.4, -0.2) is 30.6 Å². The molecule has 8 heteroatoms. The van der Waals surface area contributed by atoms with E-state index in [1.165, 1.54) is 13.0 Å². The molecule has 1 aromatic rings. The van der Waals surface area contributed by atoms with Gasteiger partial charge >= 0.3 is 5.97 Å². The summed E-state index contributed by atoms with van der Waals surface area (Å²) < 4.78 is 25.2. The van der Waals surface area contributed by atoms with Gasteiger partial charge in [-0.3, -0.25) is 15.1 Å². The molecule has 2 N–H and O–H groups in total. The molecule has 0 saturated carbocycles. The van der Waals surface area contributed by atoms with Crippen molar-refractivity contribution in [1.29, 1.82) is 0 Å². The summed E-state index contributed by atoms with van der Waals surface area (Å²) in [4.78, 5) is 16.1. The first-order valence-electron chi connectivity index (χ1n) is 8.74. The topological polar surface area (TPSA) is 72.0 Å². The number of ether oxygens (including phenoxy) is 2. The number of anilines is 1. The molecule has 3 atom stereocenters. The number of carbonyl (C=O) groups excluding carboxylic acids is 1. The highest BCUT2D eigenvalue weighted by Crippen LogP contribution is 2.41. The van der Waals surface area contributed by atoms with Crippen molar-refractivity contribution in [3.05, 3.63) is 40.6 Å². The molecule has 146 valence electrons. The van der Waals surface area contributed by atoms with Gasteiger partial charge in [-0.2, -0.15) is 0 Å². The van der Waals surface area contributed by atoms with Crippen molar-refractivity contribution < 1.29 is 18.7 Å². The quantitative estimate of drug-likeness (QED) is 0.761. The third-order valence-corrected chi connectivity index (χ3v) is 5.22. The fraction of sp³-hybridized carbons (Fsp3) is 0.474. The Balaban J connectivity index is 1.96. The number of allylic oxidation sites excluding steroid dienone is 1. The van der Waals surface area contributed by atoms with Crippen molar-refractivity contribution in [1.82, 2.24) is 5.32 Å². The minimum atomic E-state index is -0.529. The van der Waals surface area contributed by atoms with E-state index in [1.807, 2.05) is 6.92 Å². The number of benzene rings is 1. The molecule has 0 amide bonds. The molecule has 0 fully saturated rings. The summed E-state index contributed by atoms with van der Waals surface area (Å²) in [6.07, 6.45) is 0.733. The van der Waals surface area contributed by atoms with E-state index in [0.717, 1.165) is 0 Å². The van der Waals surface area contributed by atoms with Crippen LogP contribution < -0.4 is 10.6 Å². The average molecular weight is 396 g/mol. The number of hydrogen-bond donors (Lipinski definition) is 2. The summed E-state index contributed by atoms with van der Waals surface area (Å²) in [5.74, 6) is 0.611. The van der Waals surface area contributed by atoms with Gasteiger partial charge in [-0.15, -0.1) is 0 Å². The lowest BCUT2D eigenvalue weighted by molar-refractivity contribution is -0.138. The lowest BCUT2D eigenvalue weighted by atomic mass is 9.73. The number of halogens is 2. The number of nitrogens with zero attached hydrogens (tertiary/aromatic N) is 1. The van der Waals surface area contributed by atoms with Crippen molar-refractivity contribution in [3.63, 3.8) is 0 Å². The summed E-state index contributed by atoms with van der Waals surface area (Å²) in [5.41, 5.74) is -0.138. The number of carbonyl (C=O) groups is 1. The van der Waals surface area contributed by atoms with Crippen LogP contribution in [0.2, 0.25) is 5.02 Å². The van der Waals surface area contributed by atoms with Gasteiger partial charge in [0.2, 0.25) is 0 Å². The normalized spacial score (nSPS) is 27.6. The molecule has 1 aromatic carbocycles. The number of amidine groups is 1. The average Bonchev–Trinajstić information content (AvgIpc) is 2.58. The maximum atomic E-state index is 14.4. The van der Waals surface area contributed by atoms with E-state index >= 15 is 0 Å². The third-order valence-electron chi connectivity index (χ3n) is 4.93. The molecule has 0 bridgehead atoms. The highest BCUT2D eigenvalue weighted by atomic mass is 35.5. The van der Waals surface area contributed by atoms with E-state index < -0.39 is 17.3 Å². The molecule has 0 spiro atoms. The molecule has 1 aliphatic heterocycles. The molecule has 0 aromatic heterocycles. The fourth-order valence-corrected chi connectivity index (χ4v) is 3.93. The molecule has 1 heterocycles. The first-order valence-corrected chi connectivity index (χ1v) is 9.12. The van der Waals surface area contributed by atoms with Crippen LogP contribution in [0.5, 0.6) is 0 Å². The zero-order chi connectivity index (χ0) is 19.8. The van der Waals surface area contributed by atoms with E-state index in [1.54, 1.807) is 19.2 Å². The standard InChI is InChI=1S/C19H23ClFN3O3/c1-10-22-18(23-14-7-5-6-13(20)17(14)21)12-8-15(27-11(2)25)16(26-4)9-19(12,3)24-10/h5-7,10,12,24H,8-9H2,1-4H3,(H,22,23). The lowest BCUT2D eigenvalue weighted by Crippen LogP contribution is -2.61. The molecular formula is C19H23ClFN3O3. The second-order valence-electron chi connectivity index (χ2n) is 7.06. The molecule has 0 saturated heterocycles. The van der Waals surface area contributed by atoms with E-state index in [2.05, 4.69) is 22.5 Å². The highest BCUT2D eigenvalue weighted by Gasteiger charge is 2.47. The number of rotatable bonds is 3. The maximum absolute atomic E-state index is 14.4. The van der Waals surface area contributed by atoms with Crippen LogP contribution in [0.25, 0.3) is 0 Å². The second kappa shape index (κ2) is 7.48. The van der Waals surface area contributed by atoms with E-state index in [9.17, 15) is 9.18 Å². The zero-order valence-electron chi connectivity index (χ0n) is 15.7. The van der Waals surface area contributed by atoms with Gasteiger partial charge in [-0.1, -0.05) is 17.7 Å². The Kier molecular flexibility index (Phi) is 5.44. The largest absolute Gasteiger partial charge is 0.498 e. The number of nitrogens with one attached hydrogen (secondary N) is 2. The van der Waals surface area contributed by atoms with Crippen LogP contribution in [-0.2, 0) is 14.3 Å². The summed E-state index contributed by atoms with van der Waals surface area (Å²) in [6.45, 7) is 5.33. The van der Waals surface area contributed by atoms with Crippen LogP contribution in [0.15, 0.2) is 34.7 Å². The van der Waals surface area contributed by atoms with Gasteiger partial charge in [0.25, 0.3) is 0 Å². The van der Waals surface area contributed by atoms with Crippen LogP contribution >= 0.6 is 11.6 Å². The van der Waals surface area contributed by atoms with Gasteiger partial charge in [0.15, 0.2) is 5.82 Å². The Morgan fingerprint density at radius 2 is 2.19 bits per heavy atom. The van der Waals surface area contributed by atoms with Gasteiger partial charge in [-0.25, -0.2) is 4.39 Å². The lowest BCUT2D eigenvalue weighted by Gasteiger charge is -2.47. The Labute approximate surface area is 162 Å². The Hall–Kier alpha value is -2.12. The molecule has 1 aliphatic carbocycles. The SMILES string of the molecule is COC1=C(OC(C)=O)CC2C(Nc3cccc(Cl)c3F)=NC(C)NC2(C)C1. The second-order valence-corrected chi connectivity index (χ2v) is 7.46. The van der Waals surface area contributed by atoms with Crippen molar-refractivity contribution in [2.45, 2.75) is 45.3 Å². The van der Waals surface area contributed by atoms with Crippen molar-refractivity contribution >= 4 is 29.1 Å². The van der Waals surface area contributed by atoms with E-state index in [0.29, 0.717) is 30.2 Å². The first-order chi connectivity index (χ1) is 12.7. The number of methoxy groups -OCH3 is 1. The van der Waals surface area contributed by atoms with Crippen LogP contribution in [0, 0.1) is 11.7 Å². The van der Waals surface area contributed by atoms with Crippen LogP contribution in [0.4, 0.5) is 10.1 Å². The minimum Gasteiger partial charge on any atom is -0.498 e. The van der Waals surface area contributed by atoms with Gasteiger partial charge < -0.3 is 14.8 Å². The summed E-state index contributed by atoms with van der Waals surface area (Å²) in [7, 11) is 1.56. The van der Waals surface area contributed by atoms with Crippen LogP contribution in [0.3, 0.4) is 0 Å². The smallest absolute Gasteiger partial charge is 0.307 e. The summed E-state index contributed by atoms with van der Waals surface area (Å²) in [5, 5.41) is 6.61. The Morgan fingerprint density at radius 1 is 1.44 bits per heavy atom. The molecule has 0 radical (unpaired) electrons. The summed E-state index contributed by atoms with van der Waals surface area (Å²) in [6, 6.07) is 4.78. The predicted molar refractivity (Wildman–Crippen MR) is 102 cm³/mol. The van der Waals surface area contributed by atoms with Gasteiger partial charge in [0, 0.05) is 31.2 Å². The van der Waals surface area contributed by atoms with Crippen molar-refractivity contribution in [2.75, 3.05) is 12.4 Å². The van der Waals surface area contributed by atoms with Gasteiger partial charge in [0.1, 0.15) is 17.4 Å². The Bertz CT molecular complexity index is 826. The zero-order valence-corrected chi connectivity index (χ0v) is 16.5. The predicted octanol–water partition coefficient (Wildman–Crippen LogP) is 3.83. The van der Waals surface area contributed by atoms with E-state index in [-0.39, 0.29) is 22.8 Å². The van der Waals surface area contributed by atoms with Gasteiger partial charge in [0.05, 0.1) is 24.0 Å². The molecular weight excluding hydrogens is 373 g/mol. The maximum Gasteiger partial charge on any atom is 0.307 e. The number of fused-ring (bicyclic) bond motifs is 1. The molecule has 27 heavy (non-hydrogen) atoms. The van der Waals surface area contributed by atoms with Crippen LogP contribution in [0.1, 0.15) is 33.6 Å². The number of esters is 1. The highest BCUT2D eigenvalue weighted by molar-refractivity contribution is 6.31. The Morgan fingerprint density at radius 3 is 2.85 bits per heavy atom. The molecule has 3 unspecified atom stereocenters. The monoisotopic (exact) mass is 395 g/mol. The van der Waals surface area contributed by atoms with E-state index in [4.69, 9.17) is 21.1 Å². The summed E-state index contributed by atoms with van der Waals surface area (Å²) >= 11 is 5.89. The van der Waals surface area contributed by atoms with Crippen molar-refractivity contribution in [3.8, 4) is 0 Å². The number of hydrogen-bond acceptors (Lipinski definition) is 6. The third kappa shape index (κ3) is 3.94. The number of aliphatic imine (C=N–C) groups is 1. The first kappa shape index (κ1) is 19.6. The molecule has 3 rings (SSSR count). The van der Waals surface area contributed by atoms with Crippen molar-refractivity contribution in [2.24, 2.45) is 10.9 Å². The van der Waals surface area contributed by atoms with Gasteiger partial charge in [-0.05, 0) is 26.0 Å². The fourth-order valence-electron chi connectivity index (χ4n) is 3.75. The molecule has 6 nitrogen and oxygen atoms in total. The minimum absolute atomic E-state index is 0.0381.